The maximum atomic E-state index is 11.7. The van der Waals surface area contributed by atoms with Crippen molar-refractivity contribution in [2.45, 2.75) is 38.3 Å². The summed E-state index contributed by atoms with van der Waals surface area (Å²) < 4.78 is 39.4. The number of unbranched alkanes of at least 4 members (excludes halogenated alkanes) is 2. The molecule has 0 aromatic rings. The van der Waals surface area contributed by atoms with E-state index in [1.165, 1.54) is 0 Å². The van der Waals surface area contributed by atoms with Crippen LogP contribution < -0.4 is 5.32 Å². The average Bonchev–Trinajstić information content (AvgIpc) is 2.27. The van der Waals surface area contributed by atoms with Gasteiger partial charge in [-0.2, -0.15) is 13.2 Å². The van der Waals surface area contributed by atoms with E-state index in [9.17, 15) is 22.8 Å². The van der Waals surface area contributed by atoms with E-state index in [0.717, 1.165) is 0 Å². The van der Waals surface area contributed by atoms with Gasteiger partial charge in [0.1, 0.15) is 6.61 Å². The number of amides is 1. The molecule has 0 saturated carbocycles. The number of carboxylic acids is 1. The second kappa shape index (κ2) is 9.60. The second-order valence-corrected chi connectivity index (χ2v) is 3.97. The summed E-state index contributed by atoms with van der Waals surface area (Å²) in [6.45, 7) is -1.24. The van der Waals surface area contributed by atoms with E-state index in [-0.39, 0.29) is 25.4 Å². The van der Waals surface area contributed by atoms with Crippen molar-refractivity contribution >= 4 is 11.9 Å². The highest BCUT2D eigenvalue weighted by Gasteiger charge is 2.27. The van der Waals surface area contributed by atoms with Crippen molar-refractivity contribution in [1.82, 2.24) is 5.32 Å². The number of hydrogen-bond donors (Lipinski definition) is 2. The lowest BCUT2D eigenvalue weighted by Crippen LogP contribution is -2.26. The third-order valence-electron chi connectivity index (χ3n) is 2.13. The topological polar surface area (TPSA) is 75.6 Å². The summed E-state index contributed by atoms with van der Waals surface area (Å²) in [5.41, 5.74) is 0. The van der Waals surface area contributed by atoms with Crippen LogP contribution in [-0.2, 0) is 14.3 Å². The summed E-state index contributed by atoms with van der Waals surface area (Å²) >= 11 is 0. The Kier molecular flexibility index (Phi) is 8.94. The van der Waals surface area contributed by atoms with Gasteiger partial charge in [0.2, 0.25) is 5.91 Å². The summed E-state index contributed by atoms with van der Waals surface area (Å²) in [4.78, 5) is 21.3. The summed E-state index contributed by atoms with van der Waals surface area (Å²) in [6.07, 6.45) is -2.54. The highest BCUT2D eigenvalue weighted by atomic mass is 19.4. The Bertz CT molecular complexity index is 282. The van der Waals surface area contributed by atoms with Crippen molar-refractivity contribution in [3.63, 3.8) is 0 Å². The molecule has 112 valence electrons. The zero-order chi connectivity index (χ0) is 14.7. The molecule has 2 N–H and O–H groups in total. The normalized spacial score (nSPS) is 11.3. The van der Waals surface area contributed by atoms with Crippen molar-refractivity contribution in [2.75, 3.05) is 19.8 Å². The summed E-state index contributed by atoms with van der Waals surface area (Å²) in [6, 6.07) is 0. The Morgan fingerprint density at radius 2 is 1.79 bits per heavy atom. The van der Waals surface area contributed by atoms with Crippen LogP contribution in [0.4, 0.5) is 13.2 Å². The molecule has 0 aromatic carbocycles. The highest BCUT2D eigenvalue weighted by molar-refractivity contribution is 5.75. The Balaban J connectivity index is 3.33. The molecule has 8 heteroatoms. The Labute approximate surface area is 109 Å². The molecular weight excluding hydrogens is 267 g/mol. The first kappa shape index (κ1) is 17.7. The van der Waals surface area contributed by atoms with Gasteiger partial charge in [-0.05, 0) is 12.8 Å². The van der Waals surface area contributed by atoms with Gasteiger partial charge in [0.25, 0.3) is 0 Å². The minimum atomic E-state index is -4.37. The van der Waals surface area contributed by atoms with E-state index in [2.05, 4.69) is 10.1 Å². The van der Waals surface area contributed by atoms with Crippen LogP contribution in [0.25, 0.3) is 0 Å². The predicted molar refractivity (Wildman–Crippen MR) is 60.6 cm³/mol. The van der Waals surface area contributed by atoms with Crippen LogP contribution in [0.5, 0.6) is 0 Å². The number of hydrogen-bond acceptors (Lipinski definition) is 3. The number of aliphatic carboxylic acids is 1. The van der Waals surface area contributed by atoms with Crippen LogP contribution in [0, 0.1) is 0 Å². The van der Waals surface area contributed by atoms with E-state index >= 15 is 0 Å². The van der Waals surface area contributed by atoms with Gasteiger partial charge in [-0.1, -0.05) is 6.42 Å². The molecule has 0 saturated heterocycles. The quantitative estimate of drug-likeness (QED) is 0.599. The molecule has 0 aliphatic rings. The number of carbonyl (C=O) groups excluding carboxylic acids is 1. The van der Waals surface area contributed by atoms with Crippen LogP contribution in [0.15, 0.2) is 0 Å². The molecule has 0 unspecified atom stereocenters. The molecule has 0 fully saturated rings. The van der Waals surface area contributed by atoms with Crippen LogP contribution in [0.1, 0.15) is 32.1 Å². The maximum absolute atomic E-state index is 11.7. The fourth-order valence-corrected chi connectivity index (χ4v) is 1.25. The predicted octanol–water partition coefficient (Wildman–Crippen LogP) is 1.72. The smallest absolute Gasteiger partial charge is 0.411 e. The zero-order valence-corrected chi connectivity index (χ0v) is 10.5. The third-order valence-corrected chi connectivity index (χ3v) is 2.13. The molecule has 19 heavy (non-hydrogen) atoms. The van der Waals surface area contributed by atoms with Gasteiger partial charge in [-0.15, -0.1) is 0 Å². The number of halogens is 3. The Hall–Kier alpha value is -1.31. The molecule has 5 nitrogen and oxygen atoms in total. The van der Waals surface area contributed by atoms with Crippen molar-refractivity contribution < 1.29 is 32.6 Å². The molecule has 0 heterocycles. The maximum Gasteiger partial charge on any atom is 0.411 e. The lowest BCUT2D eigenvalue weighted by molar-refractivity contribution is -0.174. The molecular formula is C11H18F3NO4. The largest absolute Gasteiger partial charge is 0.481 e. The standard InChI is InChI=1S/C11H18F3NO4/c12-11(13,14)8-19-7-5-9(16)15-6-3-1-2-4-10(17)18/h1-8H2,(H,15,16)(H,17,18). The van der Waals surface area contributed by atoms with E-state index < -0.39 is 18.8 Å². The molecule has 0 atom stereocenters. The van der Waals surface area contributed by atoms with Gasteiger partial charge >= 0.3 is 12.1 Å². The zero-order valence-electron chi connectivity index (χ0n) is 10.5. The van der Waals surface area contributed by atoms with Crippen molar-refractivity contribution in [3.8, 4) is 0 Å². The van der Waals surface area contributed by atoms with Crippen LogP contribution in [0.3, 0.4) is 0 Å². The average molecular weight is 285 g/mol. The van der Waals surface area contributed by atoms with Crippen molar-refractivity contribution in [3.05, 3.63) is 0 Å². The van der Waals surface area contributed by atoms with Gasteiger partial charge in [-0.3, -0.25) is 9.59 Å². The minimum Gasteiger partial charge on any atom is -0.481 e. The monoisotopic (exact) mass is 285 g/mol. The van der Waals surface area contributed by atoms with Gasteiger partial charge in [-0.25, -0.2) is 0 Å². The lowest BCUT2D eigenvalue weighted by atomic mass is 10.2. The number of carbonyl (C=O) groups is 2. The van der Waals surface area contributed by atoms with Crippen molar-refractivity contribution in [1.29, 1.82) is 0 Å². The first-order chi connectivity index (χ1) is 8.81. The lowest BCUT2D eigenvalue weighted by Gasteiger charge is -2.08. The molecule has 0 aromatic heterocycles. The third kappa shape index (κ3) is 14.6. The summed E-state index contributed by atoms with van der Waals surface area (Å²) in [7, 11) is 0. The molecule has 1 amide bonds. The first-order valence-corrected chi connectivity index (χ1v) is 5.94. The van der Waals surface area contributed by atoms with E-state index in [1.54, 1.807) is 0 Å². The van der Waals surface area contributed by atoms with Crippen molar-refractivity contribution in [2.24, 2.45) is 0 Å². The highest BCUT2D eigenvalue weighted by Crippen LogP contribution is 2.14. The molecule has 0 radical (unpaired) electrons. The molecule has 0 aliphatic heterocycles. The first-order valence-electron chi connectivity index (χ1n) is 5.94. The van der Waals surface area contributed by atoms with Gasteiger partial charge in [0.15, 0.2) is 0 Å². The number of rotatable bonds is 10. The van der Waals surface area contributed by atoms with Crippen LogP contribution in [-0.4, -0.2) is 42.9 Å². The summed E-state index contributed by atoms with van der Waals surface area (Å²) in [5, 5.41) is 10.9. The number of carboxylic acid groups (broad SMARTS) is 1. The van der Waals surface area contributed by atoms with Gasteiger partial charge in [0.05, 0.1) is 6.61 Å². The molecule has 0 spiro atoms. The van der Waals surface area contributed by atoms with E-state index in [4.69, 9.17) is 5.11 Å². The van der Waals surface area contributed by atoms with Gasteiger partial charge in [0, 0.05) is 19.4 Å². The Morgan fingerprint density at radius 3 is 2.37 bits per heavy atom. The molecule has 0 rings (SSSR count). The number of nitrogens with one attached hydrogen (secondary N) is 1. The molecule has 0 aliphatic carbocycles. The minimum absolute atomic E-state index is 0.0965. The molecule has 0 bridgehead atoms. The van der Waals surface area contributed by atoms with E-state index in [1.807, 2.05) is 0 Å². The van der Waals surface area contributed by atoms with Gasteiger partial charge < -0.3 is 15.2 Å². The fourth-order valence-electron chi connectivity index (χ4n) is 1.25. The van der Waals surface area contributed by atoms with Crippen LogP contribution in [0.2, 0.25) is 0 Å². The number of alkyl halides is 3. The SMILES string of the molecule is O=C(O)CCCCCNC(=O)CCOCC(F)(F)F. The fraction of sp³-hybridized carbons (Fsp3) is 0.818. The van der Waals surface area contributed by atoms with Crippen LogP contribution >= 0.6 is 0 Å². The number of ether oxygens (including phenoxy) is 1. The van der Waals surface area contributed by atoms with E-state index in [0.29, 0.717) is 25.8 Å². The summed E-state index contributed by atoms with van der Waals surface area (Å²) in [5.74, 6) is -1.23. The second-order valence-electron chi connectivity index (χ2n) is 3.97. The Morgan fingerprint density at radius 1 is 1.11 bits per heavy atom.